The van der Waals surface area contributed by atoms with Crippen LogP contribution in [0.5, 0.6) is 17.2 Å². The maximum absolute atomic E-state index is 12.7. The number of carbonyl (C=O) groups excluding carboxylic acids is 1. The number of hydrogen-bond acceptors (Lipinski definition) is 7. The van der Waals surface area contributed by atoms with Gasteiger partial charge in [-0.3, -0.25) is 4.79 Å². The Hall–Kier alpha value is -3.91. The molecule has 0 saturated heterocycles. The van der Waals surface area contributed by atoms with Crippen molar-refractivity contribution in [2.24, 2.45) is 0 Å². The molecular weight excluding hydrogens is 445 g/mol. The molecule has 0 aliphatic rings. The first-order valence-corrected chi connectivity index (χ1v) is 9.34. The van der Waals surface area contributed by atoms with Gasteiger partial charge >= 0.3 is 6.18 Å². The van der Waals surface area contributed by atoms with E-state index < -0.39 is 41.5 Å². The van der Waals surface area contributed by atoms with E-state index in [1.54, 1.807) is 0 Å². The molecule has 0 bridgehead atoms. The van der Waals surface area contributed by atoms with Crippen LogP contribution in [0.25, 0.3) is 0 Å². The van der Waals surface area contributed by atoms with Crippen LogP contribution in [-0.2, 0) is 11.0 Å². The summed E-state index contributed by atoms with van der Waals surface area (Å²) in [5.41, 5.74) is -1.38. The molecule has 1 unspecified atom stereocenters. The van der Waals surface area contributed by atoms with Gasteiger partial charge in [0.15, 0.2) is 17.1 Å². The number of benzene rings is 2. The predicted molar refractivity (Wildman–Crippen MR) is 111 cm³/mol. The molecule has 33 heavy (non-hydrogen) atoms. The minimum absolute atomic E-state index is 0.0151. The standard InChI is InChI=1S/C22H21F3N2O6/c1-31-18-8-12(9-19(32-2)20(18)33-3)16(28)10-17(29)15(11-26)21(30)27-14-6-4-13(5-7-14)22(23,24)25/h4-9,16,28-29H,10H2,1-3H3,(H,27,30)/b17-15-. The Labute approximate surface area is 187 Å². The lowest BCUT2D eigenvalue weighted by Gasteiger charge is -2.17. The average Bonchev–Trinajstić information content (AvgIpc) is 2.78. The van der Waals surface area contributed by atoms with Gasteiger partial charge in [-0.2, -0.15) is 18.4 Å². The summed E-state index contributed by atoms with van der Waals surface area (Å²) in [4.78, 5) is 12.4. The second-order valence-corrected chi connectivity index (χ2v) is 6.64. The molecule has 0 saturated carbocycles. The maximum Gasteiger partial charge on any atom is 0.416 e. The molecule has 0 spiro atoms. The van der Waals surface area contributed by atoms with Crippen molar-refractivity contribution in [2.75, 3.05) is 26.6 Å². The van der Waals surface area contributed by atoms with E-state index in [2.05, 4.69) is 5.32 Å². The van der Waals surface area contributed by atoms with E-state index in [1.807, 2.05) is 0 Å². The number of hydrogen-bond donors (Lipinski definition) is 3. The van der Waals surface area contributed by atoms with Gasteiger partial charge in [-0.1, -0.05) is 0 Å². The average molecular weight is 466 g/mol. The number of nitriles is 1. The molecule has 0 radical (unpaired) electrons. The van der Waals surface area contributed by atoms with Crippen molar-refractivity contribution in [3.05, 3.63) is 58.9 Å². The Balaban J connectivity index is 2.23. The lowest BCUT2D eigenvalue weighted by molar-refractivity contribution is -0.137. The Morgan fingerprint density at radius 3 is 2.06 bits per heavy atom. The van der Waals surface area contributed by atoms with Crippen molar-refractivity contribution in [1.29, 1.82) is 5.26 Å². The van der Waals surface area contributed by atoms with Crippen molar-refractivity contribution < 1.29 is 42.4 Å². The lowest BCUT2D eigenvalue weighted by Crippen LogP contribution is -2.16. The quantitative estimate of drug-likeness (QED) is 0.304. The number of rotatable bonds is 8. The number of carbonyl (C=O) groups is 1. The van der Waals surface area contributed by atoms with Crippen LogP contribution in [0.2, 0.25) is 0 Å². The second kappa shape index (κ2) is 10.6. The predicted octanol–water partition coefficient (Wildman–Crippen LogP) is 4.13. The molecule has 2 aromatic rings. The number of ether oxygens (including phenoxy) is 3. The summed E-state index contributed by atoms with van der Waals surface area (Å²) in [6.07, 6.45) is -6.41. The molecule has 0 aromatic heterocycles. The highest BCUT2D eigenvalue weighted by Gasteiger charge is 2.30. The highest BCUT2D eigenvalue weighted by atomic mass is 19.4. The van der Waals surface area contributed by atoms with E-state index in [0.717, 1.165) is 24.3 Å². The van der Waals surface area contributed by atoms with E-state index >= 15 is 0 Å². The highest BCUT2D eigenvalue weighted by Crippen LogP contribution is 2.40. The van der Waals surface area contributed by atoms with Crippen molar-refractivity contribution in [3.8, 4) is 23.3 Å². The highest BCUT2D eigenvalue weighted by molar-refractivity contribution is 6.06. The Kier molecular flexibility index (Phi) is 8.15. The zero-order chi connectivity index (χ0) is 24.8. The molecule has 1 amide bonds. The Bertz CT molecular complexity index is 1050. The van der Waals surface area contributed by atoms with Crippen LogP contribution in [0.1, 0.15) is 23.7 Å². The van der Waals surface area contributed by atoms with Gasteiger partial charge in [0.1, 0.15) is 11.8 Å². The van der Waals surface area contributed by atoms with Crippen LogP contribution < -0.4 is 19.5 Å². The van der Waals surface area contributed by atoms with Gasteiger partial charge in [-0.15, -0.1) is 0 Å². The van der Waals surface area contributed by atoms with E-state index in [1.165, 1.54) is 39.5 Å². The Morgan fingerprint density at radius 2 is 1.64 bits per heavy atom. The van der Waals surface area contributed by atoms with E-state index in [0.29, 0.717) is 0 Å². The fraction of sp³-hybridized carbons (Fsp3) is 0.273. The third-order valence-electron chi connectivity index (χ3n) is 4.56. The molecule has 11 heteroatoms. The molecule has 0 aliphatic carbocycles. The topological polar surface area (TPSA) is 121 Å². The largest absolute Gasteiger partial charge is 0.511 e. The molecule has 1 atom stereocenters. The minimum Gasteiger partial charge on any atom is -0.511 e. The molecule has 0 heterocycles. The first-order chi connectivity index (χ1) is 15.5. The summed E-state index contributed by atoms with van der Waals surface area (Å²) in [6.45, 7) is 0. The number of amides is 1. The molecule has 3 N–H and O–H groups in total. The van der Waals surface area contributed by atoms with Gasteiger partial charge in [0, 0.05) is 12.1 Å². The molecule has 0 fully saturated rings. The third kappa shape index (κ3) is 6.08. The van der Waals surface area contributed by atoms with Crippen LogP contribution >= 0.6 is 0 Å². The van der Waals surface area contributed by atoms with Gasteiger partial charge in [0.2, 0.25) is 5.75 Å². The number of aliphatic hydroxyl groups is 2. The number of alkyl halides is 3. The summed E-state index contributed by atoms with van der Waals surface area (Å²) < 4.78 is 53.6. The number of methoxy groups -OCH3 is 3. The summed E-state index contributed by atoms with van der Waals surface area (Å²) >= 11 is 0. The second-order valence-electron chi connectivity index (χ2n) is 6.64. The van der Waals surface area contributed by atoms with Crippen LogP contribution in [-0.4, -0.2) is 37.4 Å². The fourth-order valence-electron chi connectivity index (χ4n) is 2.88. The minimum atomic E-state index is -4.54. The van der Waals surface area contributed by atoms with Gasteiger partial charge in [0.25, 0.3) is 5.91 Å². The van der Waals surface area contributed by atoms with Crippen molar-refractivity contribution in [2.45, 2.75) is 18.7 Å². The van der Waals surface area contributed by atoms with Gasteiger partial charge < -0.3 is 29.7 Å². The van der Waals surface area contributed by atoms with E-state index in [9.17, 15) is 33.4 Å². The molecule has 2 rings (SSSR count). The first-order valence-electron chi connectivity index (χ1n) is 9.34. The zero-order valence-electron chi connectivity index (χ0n) is 17.9. The summed E-state index contributed by atoms with van der Waals surface area (Å²) in [7, 11) is 4.16. The molecule has 0 aliphatic heterocycles. The zero-order valence-corrected chi connectivity index (χ0v) is 17.9. The number of aliphatic hydroxyl groups excluding tert-OH is 2. The molecule has 176 valence electrons. The monoisotopic (exact) mass is 466 g/mol. The van der Waals surface area contributed by atoms with E-state index in [-0.39, 0.29) is 28.5 Å². The van der Waals surface area contributed by atoms with Crippen molar-refractivity contribution in [1.82, 2.24) is 0 Å². The number of halogens is 3. The van der Waals surface area contributed by atoms with Gasteiger partial charge in [-0.05, 0) is 42.0 Å². The Morgan fingerprint density at radius 1 is 1.09 bits per heavy atom. The van der Waals surface area contributed by atoms with Crippen LogP contribution in [0.4, 0.5) is 18.9 Å². The summed E-state index contributed by atoms with van der Waals surface area (Å²) in [5, 5.41) is 32.3. The normalized spacial score (nSPS) is 12.8. The first kappa shape index (κ1) is 25.4. The number of anilines is 1. The smallest absolute Gasteiger partial charge is 0.416 e. The lowest BCUT2D eigenvalue weighted by atomic mass is 10.0. The van der Waals surface area contributed by atoms with Gasteiger partial charge in [-0.25, -0.2) is 0 Å². The SMILES string of the molecule is COc1cc(C(O)C/C(O)=C(\C#N)C(=O)Nc2ccc(C(F)(F)F)cc2)cc(OC)c1OC. The number of nitrogens with one attached hydrogen (secondary N) is 1. The van der Waals surface area contributed by atoms with Crippen molar-refractivity contribution >= 4 is 11.6 Å². The van der Waals surface area contributed by atoms with Crippen LogP contribution in [0, 0.1) is 11.3 Å². The summed E-state index contributed by atoms with van der Waals surface area (Å²) in [5.74, 6) is -0.996. The van der Waals surface area contributed by atoms with Crippen LogP contribution in [0.3, 0.4) is 0 Å². The molecule has 8 nitrogen and oxygen atoms in total. The molecule has 2 aromatic carbocycles. The number of nitrogens with zero attached hydrogens (tertiary/aromatic N) is 1. The summed E-state index contributed by atoms with van der Waals surface area (Å²) in [6, 6.07) is 7.96. The molecular formula is C22H21F3N2O6. The third-order valence-corrected chi connectivity index (χ3v) is 4.56. The maximum atomic E-state index is 12.7. The fourth-order valence-corrected chi connectivity index (χ4v) is 2.88. The van der Waals surface area contributed by atoms with Crippen molar-refractivity contribution in [3.63, 3.8) is 0 Å². The van der Waals surface area contributed by atoms with Crippen LogP contribution in [0.15, 0.2) is 47.7 Å². The van der Waals surface area contributed by atoms with E-state index in [4.69, 9.17) is 14.2 Å². The van der Waals surface area contributed by atoms with Gasteiger partial charge in [0.05, 0.1) is 33.0 Å².